The molecule has 0 bridgehead atoms. The highest BCUT2D eigenvalue weighted by molar-refractivity contribution is 7.02. The molecule has 4 aliphatic heterocycles. The molecule has 10 heteroatoms. The van der Waals surface area contributed by atoms with Crippen LogP contribution in [0.2, 0.25) is 39.3 Å². The Morgan fingerprint density at radius 3 is 1.00 bits per heavy atom. The van der Waals surface area contributed by atoms with Crippen LogP contribution in [0.3, 0.4) is 0 Å². The van der Waals surface area contributed by atoms with Gasteiger partial charge in [-0.2, -0.15) is 0 Å². The van der Waals surface area contributed by atoms with E-state index in [0.29, 0.717) is 0 Å². The van der Waals surface area contributed by atoms with Crippen LogP contribution in [0.4, 0.5) is 68.2 Å². The van der Waals surface area contributed by atoms with E-state index in [9.17, 15) is 0 Å². The Kier molecular flexibility index (Phi) is 12.4. The second kappa shape index (κ2) is 20.7. The number of anilines is 12. The van der Waals surface area contributed by atoms with E-state index in [0.717, 1.165) is 124 Å². The molecule has 13 aromatic carbocycles. The van der Waals surface area contributed by atoms with Crippen molar-refractivity contribution in [1.29, 1.82) is 0 Å². The van der Waals surface area contributed by atoms with E-state index in [1.54, 1.807) is 0 Å². The van der Waals surface area contributed by atoms with Gasteiger partial charge in [0, 0.05) is 67.6 Å². The molecule has 0 spiro atoms. The molecule has 0 radical (unpaired) electrons. The second-order valence-corrected chi connectivity index (χ2v) is 36.6. The van der Waals surface area contributed by atoms with Gasteiger partial charge in [0.1, 0.15) is 23.0 Å². The minimum absolute atomic E-state index is 0.167. The van der Waals surface area contributed by atoms with Crippen molar-refractivity contribution >= 4 is 163 Å². The van der Waals surface area contributed by atoms with Crippen molar-refractivity contribution < 1.29 is 9.47 Å². The lowest BCUT2D eigenvalue weighted by Crippen LogP contribution is -2.63. The van der Waals surface area contributed by atoms with E-state index >= 15 is 0 Å². The average molecular weight is 1190 g/mol. The molecule has 6 nitrogen and oxygen atoms in total. The predicted molar refractivity (Wildman–Crippen MR) is 388 cm³/mol. The van der Waals surface area contributed by atoms with Crippen molar-refractivity contribution in [2.24, 2.45) is 0 Å². The quantitative estimate of drug-likeness (QED) is 0.127. The van der Waals surface area contributed by atoms with Crippen molar-refractivity contribution in [2.75, 3.05) is 19.6 Å². The Morgan fingerprint density at radius 2 is 0.644 bits per heavy atom. The fourth-order valence-electron chi connectivity index (χ4n) is 14.7. The SMILES string of the molecule is C[Si](C)(C)c1ccc(N2c3cc4c(cc3B3c5ccccc5Oc5cc6cc(N(c7ccccc7)c7ccccc7)ccc6c2c53)B2c3ccccc3Oc3cc5cc(N(c6ccccc6)c6ccccc6)ccc5c(c32)N4c2ccc([Si](C)(C)C)cc2)cc1. The van der Waals surface area contributed by atoms with Gasteiger partial charge in [0.25, 0.3) is 13.4 Å². The monoisotopic (exact) mass is 1190 g/mol. The first kappa shape index (κ1) is 53.9. The van der Waals surface area contributed by atoms with E-state index in [1.807, 2.05) is 0 Å². The van der Waals surface area contributed by atoms with Crippen molar-refractivity contribution in [2.45, 2.75) is 39.3 Å². The molecule has 0 N–H and O–H groups in total. The fourth-order valence-corrected chi connectivity index (χ4v) is 17.0. The highest BCUT2D eigenvalue weighted by Gasteiger charge is 2.48. The molecule has 4 heterocycles. The number of hydrogen-bond acceptors (Lipinski definition) is 6. The summed E-state index contributed by atoms with van der Waals surface area (Å²) in [6.45, 7) is 14.3. The van der Waals surface area contributed by atoms with Crippen LogP contribution in [-0.2, 0) is 0 Å². The summed E-state index contributed by atoms with van der Waals surface area (Å²) < 4.78 is 14.6. The Hall–Kier alpha value is -10.3. The van der Waals surface area contributed by atoms with Crippen LogP contribution in [0.5, 0.6) is 23.0 Å². The molecule has 0 saturated carbocycles. The molecule has 0 atom stereocenters. The largest absolute Gasteiger partial charge is 0.458 e. The van der Waals surface area contributed by atoms with Gasteiger partial charge in [0.05, 0.1) is 27.5 Å². The third kappa shape index (κ3) is 8.67. The lowest BCUT2D eigenvalue weighted by Gasteiger charge is -2.45. The van der Waals surface area contributed by atoms with Crippen LogP contribution in [0, 0.1) is 0 Å². The van der Waals surface area contributed by atoms with Crippen molar-refractivity contribution in [3.8, 4) is 23.0 Å². The molecule has 0 fully saturated rings. The highest BCUT2D eigenvalue weighted by atomic mass is 28.3. The number of para-hydroxylation sites is 6. The summed E-state index contributed by atoms with van der Waals surface area (Å²) in [5, 5.41) is 7.32. The zero-order chi connectivity index (χ0) is 60.6. The first-order chi connectivity index (χ1) is 43.9. The number of nitrogens with zero attached hydrogens (tertiary/aromatic N) is 4. The maximum Gasteiger partial charge on any atom is 0.256 e. The summed E-state index contributed by atoms with van der Waals surface area (Å²) in [5.41, 5.74) is 20.3. The summed E-state index contributed by atoms with van der Waals surface area (Å²) in [4.78, 5) is 9.89. The van der Waals surface area contributed by atoms with Crippen LogP contribution < -0.4 is 72.2 Å². The van der Waals surface area contributed by atoms with E-state index in [2.05, 4.69) is 338 Å². The van der Waals surface area contributed by atoms with Gasteiger partial charge in [-0.05, 0) is 171 Å². The number of rotatable bonds is 10. The molecule has 0 amide bonds. The normalized spacial score (nSPS) is 13.3. The maximum atomic E-state index is 7.30. The standard InChI is InChI=1S/C80H64B2N4O2Si2/c1-89(2,3)63-41-35-59(36-42-63)85-71-52-72-70(51-69(71)81-67-31-19-21-33-73(67)87-75-49-53-47-61(39-45-65(53)79(85)77(75)81)83(55-23-11-7-12-24-55)56-25-13-8-14-26-56)82-68-32-20-22-34-74(68)88-76-50-54-48-62(84(57-27-15-9-16-28-57)58-29-17-10-18-30-58)40-46-66(54)80(78(76)82)86(72)60-37-43-64(44-38-60)90(4,5)6/h7-52H,1-6H3. The average Bonchev–Trinajstić information content (AvgIpc) is 0.694. The summed E-state index contributed by atoms with van der Waals surface area (Å²) >= 11 is 0. The second-order valence-electron chi connectivity index (χ2n) is 26.5. The fraction of sp³-hybridized carbons (Fsp3) is 0.0750. The van der Waals surface area contributed by atoms with Gasteiger partial charge in [0.15, 0.2) is 0 Å². The van der Waals surface area contributed by atoms with Gasteiger partial charge >= 0.3 is 0 Å². The van der Waals surface area contributed by atoms with Crippen LogP contribution in [-0.4, -0.2) is 29.6 Å². The number of hydrogen-bond donors (Lipinski definition) is 0. The zero-order valence-electron chi connectivity index (χ0n) is 51.3. The first-order valence-corrected chi connectivity index (χ1v) is 38.5. The van der Waals surface area contributed by atoms with E-state index < -0.39 is 16.1 Å². The van der Waals surface area contributed by atoms with Crippen molar-refractivity contribution in [3.63, 3.8) is 0 Å². The van der Waals surface area contributed by atoms with Crippen LogP contribution >= 0.6 is 0 Å². The molecule has 4 aliphatic rings. The summed E-state index contributed by atoms with van der Waals surface area (Å²) in [6, 6.07) is 103. The smallest absolute Gasteiger partial charge is 0.256 e. The van der Waals surface area contributed by atoms with Crippen LogP contribution in [0.1, 0.15) is 0 Å². The molecular weight excluding hydrogens is 1130 g/mol. The van der Waals surface area contributed by atoms with Crippen LogP contribution in [0.15, 0.2) is 279 Å². The number of ether oxygens (including phenoxy) is 2. The number of benzene rings is 13. The lowest BCUT2D eigenvalue weighted by molar-refractivity contribution is 0.488. The van der Waals surface area contributed by atoms with Crippen molar-refractivity contribution in [1.82, 2.24) is 0 Å². The summed E-state index contributed by atoms with van der Waals surface area (Å²) in [7, 11) is -3.41. The Balaban J connectivity index is 0.960. The third-order valence-corrected chi connectivity index (χ3v) is 23.1. The van der Waals surface area contributed by atoms with Gasteiger partial charge in [-0.3, -0.25) is 0 Å². The zero-order valence-corrected chi connectivity index (χ0v) is 53.3. The maximum absolute atomic E-state index is 7.30. The predicted octanol–water partition coefficient (Wildman–Crippen LogP) is 16.8. The summed E-state index contributed by atoms with van der Waals surface area (Å²) in [5.74, 6) is 3.49. The van der Waals surface area contributed by atoms with Gasteiger partial charge in [-0.1, -0.05) is 201 Å². The van der Waals surface area contributed by atoms with Crippen molar-refractivity contribution in [3.05, 3.63) is 279 Å². The highest BCUT2D eigenvalue weighted by Crippen LogP contribution is 2.51. The van der Waals surface area contributed by atoms with E-state index in [4.69, 9.17) is 9.47 Å². The van der Waals surface area contributed by atoms with Gasteiger partial charge < -0.3 is 29.1 Å². The summed E-state index contributed by atoms with van der Waals surface area (Å²) in [6.07, 6.45) is 0. The van der Waals surface area contributed by atoms with E-state index in [1.165, 1.54) is 32.2 Å². The Morgan fingerprint density at radius 1 is 0.300 bits per heavy atom. The minimum atomic E-state index is -1.71. The molecule has 0 saturated heterocycles. The molecule has 0 aliphatic carbocycles. The van der Waals surface area contributed by atoms with Gasteiger partial charge in [-0.15, -0.1) is 0 Å². The Bertz CT molecular complexity index is 4610. The molecular formula is C80H64B2N4O2Si2. The molecule has 90 heavy (non-hydrogen) atoms. The first-order valence-electron chi connectivity index (χ1n) is 31.5. The van der Waals surface area contributed by atoms with E-state index in [-0.39, 0.29) is 13.4 Å². The molecule has 17 rings (SSSR count). The van der Waals surface area contributed by atoms with Gasteiger partial charge in [-0.25, -0.2) is 0 Å². The molecule has 430 valence electrons. The van der Waals surface area contributed by atoms with Crippen LogP contribution in [0.25, 0.3) is 21.5 Å². The molecule has 0 unspecified atom stereocenters. The molecule has 13 aromatic rings. The third-order valence-electron chi connectivity index (χ3n) is 19.0. The topological polar surface area (TPSA) is 31.4 Å². The Labute approximate surface area is 529 Å². The number of fused-ring (bicyclic) bond motifs is 12. The molecule has 0 aromatic heterocycles. The lowest BCUT2D eigenvalue weighted by atomic mass is 9.30. The van der Waals surface area contributed by atoms with Gasteiger partial charge in [0.2, 0.25) is 0 Å². The minimum Gasteiger partial charge on any atom is -0.458 e.